The number of pyridine rings is 2. The smallest absolute Gasteiger partial charge is 0.138 e. The summed E-state index contributed by atoms with van der Waals surface area (Å²) in [6, 6.07) is 10.4. The zero-order chi connectivity index (χ0) is 14.8. The van der Waals surface area contributed by atoms with Crippen molar-refractivity contribution in [3.8, 4) is 0 Å². The van der Waals surface area contributed by atoms with E-state index in [9.17, 15) is 0 Å². The first-order valence-electron chi connectivity index (χ1n) is 6.90. The topological polar surface area (TPSA) is 37.8 Å². The van der Waals surface area contributed by atoms with Crippen LogP contribution in [0.15, 0.2) is 53.4 Å². The molecule has 1 N–H and O–H groups in total. The summed E-state index contributed by atoms with van der Waals surface area (Å²) in [5, 5.41) is 5.48. The van der Waals surface area contributed by atoms with Crippen LogP contribution in [0.5, 0.6) is 0 Å². The zero-order valence-corrected chi connectivity index (χ0v) is 13.6. The second-order valence-electron chi connectivity index (χ2n) is 5.28. The highest BCUT2D eigenvalue weighted by atomic mass is 79.9. The van der Waals surface area contributed by atoms with Gasteiger partial charge in [0.1, 0.15) is 5.82 Å². The van der Waals surface area contributed by atoms with Gasteiger partial charge < -0.3 is 5.32 Å². The van der Waals surface area contributed by atoms with Crippen molar-refractivity contribution in [2.24, 2.45) is 0 Å². The number of aromatic nitrogens is 2. The Morgan fingerprint density at radius 2 is 1.76 bits per heavy atom. The van der Waals surface area contributed by atoms with Gasteiger partial charge in [-0.1, -0.05) is 26.0 Å². The fourth-order valence-electron chi connectivity index (χ4n) is 2.24. The summed E-state index contributed by atoms with van der Waals surface area (Å²) >= 11 is 3.51. The lowest BCUT2D eigenvalue weighted by Crippen LogP contribution is -1.96. The van der Waals surface area contributed by atoms with Gasteiger partial charge in [-0.05, 0) is 45.6 Å². The van der Waals surface area contributed by atoms with Crippen molar-refractivity contribution in [2.45, 2.75) is 19.8 Å². The maximum Gasteiger partial charge on any atom is 0.138 e. The molecule has 3 rings (SSSR count). The third-order valence-corrected chi connectivity index (χ3v) is 4.11. The highest BCUT2D eigenvalue weighted by Crippen LogP contribution is 2.29. The van der Waals surface area contributed by atoms with E-state index in [1.807, 2.05) is 12.3 Å². The third kappa shape index (κ3) is 2.90. The van der Waals surface area contributed by atoms with Gasteiger partial charge in [0.15, 0.2) is 0 Å². The number of halogens is 1. The van der Waals surface area contributed by atoms with Gasteiger partial charge in [0, 0.05) is 39.5 Å². The summed E-state index contributed by atoms with van der Waals surface area (Å²) in [6.07, 6.45) is 5.42. The SMILES string of the molecule is CC(C)c1ccc(Nc2ncc(Br)c3cnccc23)cc1. The fourth-order valence-corrected chi connectivity index (χ4v) is 2.66. The number of benzene rings is 1. The van der Waals surface area contributed by atoms with Crippen LogP contribution in [0.4, 0.5) is 11.5 Å². The predicted molar refractivity (Wildman–Crippen MR) is 91.1 cm³/mol. The summed E-state index contributed by atoms with van der Waals surface area (Å²) in [5.41, 5.74) is 2.37. The molecule has 0 aliphatic heterocycles. The van der Waals surface area contributed by atoms with Gasteiger partial charge in [0.2, 0.25) is 0 Å². The Bertz CT molecular complexity index is 767. The van der Waals surface area contributed by atoms with Crippen LogP contribution in [-0.4, -0.2) is 9.97 Å². The standard InChI is InChI=1S/C17H16BrN3/c1-11(2)12-3-5-13(6-4-12)21-17-14-7-8-19-9-15(14)16(18)10-20-17/h3-11H,1-2H3,(H,20,21). The summed E-state index contributed by atoms with van der Waals surface area (Å²) < 4.78 is 0.950. The van der Waals surface area contributed by atoms with E-state index >= 15 is 0 Å². The minimum atomic E-state index is 0.539. The maximum atomic E-state index is 4.47. The molecule has 0 amide bonds. The second-order valence-corrected chi connectivity index (χ2v) is 6.13. The van der Waals surface area contributed by atoms with E-state index in [1.54, 1.807) is 12.4 Å². The highest BCUT2D eigenvalue weighted by molar-refractivity contribution is 9.10. The van der Waals surface area contributed by atoms with Crippen molar-refractivity contribution in [3.63, 3.8) is 0 Å². The molecule has 0 unspecified atom stereocenters. The van der Waals surface area contributed by atoms with Crippen LogP contribution < -0.4 is 5.32 Å². The van der Waals surface area contributed by atoms with Crippen LogP contribution in [0.25, 0.3) is 10.8 Å². The first-order chi connectivity index (χ1) is 10.1. The van der Waals surface area contributed by atoms with Gasteiger partial charge in [0.05, 0.1) is 0 Å². The molecule has 0 aliphatic rings. The number of hydrogen-bond donors (Lipinski definition) is 1. The minimum absolute atomic E-state index is 0.539. The zero-order valence-electron chi connectivity index (χ0n) is 12.0. The number of anilines is 2. The highest BCUT2D eigenvalue weighted by Gasteiger charge is 2.06. The van der Waals surface area contributed by atoms with E-state index in [0.29, 0.717) is 5.92 Å². The Morgan fingerprint density at radius 1 is 1.00 bits per heavy atom. The van der Waals surface area contributed by atoms with E-state index in [0.717, 1.165) is 26.8 Å². The molecule has 0 fully saturated rings. The molecule has 3 aromatic rings. The van der Waals surface area contributed by atoms with Gasteiger partial charge in [-0.25, -0.2) is 4.98 Å². The molecule has 21 heavy (non-hydrogen) atoms. The Kier molecular flexibility index (Phi) is 3.88. The predicted octanol–water partition coefficient (Wildman–Crippen LogP) is 5.26. The van der Waals surface area contributed by atoms with E-state index < -0.39 is 0 Å². The van der Waals surface area contributed by atoms with Crippen molar-refractivity contribution in [1.29, 1.82) is 0 Å². The molecule has 2 heterocycles. The molecule has 0 atom stereocenters. The molecule has 2 aromatic heterocycles. The summed E-state index contributed by atoms with van der Waals surface area (Å²) in [5.74, 6) is 1.38. The monoisotopic (exact) mass is 341 g/mol. The fraction of sp³-hybridized carbons (Fsp3) is 0.176. The average Bonchev–Trinajstić information content (AvgIpc) is 2.51. The lowest BCUT2D eigenvalue weighted by atomic mass is 10.0. The second kappa shape index (κ2) is 5.82. The Balaban J connectivity index is 1.96. The molecule has 0 spiro atoms. The molecule has 1 aromatic carbocycles. The molecule has 0 bridgehead atoms. The molecule has 0 saturated carbocycles. The number of fused-ring (bicyclic) bond motifs is 1. The van der Waals surface area contributed by atoms with Crippen LogP contribution in [0.1, 0.15) is 25.3 Å². The van der Waals surface area contributed by atoms with Crippen LogP contribution in [0.2, 0.25) is 0 Å². The summed E-state index contributed by atoms with van der Waals surface area (Å²) in [4.78, 5) is 8.64. The van der Waals surface area contributed by atoms with Crippen LogP contribution >= 0.6 is 15.9 Å². The largest absolute Gasteiger partial charge is 0.340 e. The molecule has 0 radical (unpaired) electrons. The van der Waals surface area contributed by atoms with E-state index in [2.05, 4.69) is 69.3 Å². The molecular formula is C17H16BrN3. The quantitative estimate of drug-likeness (QED) is 0.706. The Labute approximate surface area is 132 Å². The van der Waals surface area contributed by atoms with Crippen molar-refractivity contribution in [3.05, 3.63) is 59.0 Å². The van der Waals surface area contributed by atoms with Crippen molar-refractivity contribution < 1.29 is 0 Å². The van der Waals surface area contributed by atoms with E-state index in [4.69, 9.17) is 0 Å². The Hall–Kier alpha value is -1.94. The van der Waals surface area contributed by atoms with E-state index in [1.165, 1.54) is 5.56 Å². The first kappa shape index (κ1) is 14.0. The maximum absolute atomic E-state index is 4.47. The lowest BCUT2D eigenvalue weighted by Gasteiger charge is -2.11. The van der Waals surface area contributed by atoms with Gasteiger partial charge in [-0.2, -0.15) is 0 Å². The number of hydrogen-bond acceptors (Lipinski definition) is 3. The Morgan fingerprint density at radius 3 is 2.48 bits per heavy atom. The van der Waals surface area contributed by atoms with Gasteiger partial charge in [-0.3, -0.25) is 4.98 Å². The molecule has 3 nitrogen and oxygen atoms in total. The van der Waals surface area contributed by atoms with Crippen molar-refractivity contribution in [1.82, 2.24) is 9.97 Å². The normalized spacial score (nSPS) is 11.0. The van der Waals surface area contributed by atoms with Gasteiger partial charge in [0.25, 0.3) is 0 Å². The summed E-state index contributed by atoms with van der Waals surface area (Å²) in [7, 11) is 0. The van der Waals surface area contributed by atoms with Crippen LogP contribution in [0, 0.1) is 0 Å². The summed E-state index contributed by atoms with van der Waals surface area (Å²) in [6.45, 7) is 4.39. The molecule has 4 heteroatoms. The molecule has 106 valence electrons. The van der Waals surface area contributed by atoms with Crippen molar-refractivity contribution >= 4 is 38.2 Å². The number of nitrogens with one attached hydrogen (secondary N) is 1. The average molecular weight is 342 g/mol. The minimum Gasteiger partial charge on any atom is -0.340 e. The lowest BCUT2D eigenvalue weighted by molar-refractivity contribution is 0.867. The molecule has 0 aliphatic carbocycles. The van der Waals surface area contributed by atoms with Crippen molar-refractivity contribution in [2.75, 3.05) is 5.32 Å². The van der Waals surface area contributed by atoms with Crippen LogP contribution in [-0.2, 0) is 0 Å². The molecule has 0 saturated heterocycles. The number of rotatable bonds is 3. The van der Waals surface area contributed by atoms with E-state index in [-0.39, 0.29) is 0 Å². The van der Waals surface area contributed by atoms with Crippen LogP contribution in [0.3, 0.4) is 0 Å². The van der Waals surface area contributed by atoms with Gasteiger partial charge >= 0.3 is 0 Å². The number of nitrogens with zero attached hydrogens (tertiary/aromatic N) is 2. The third-order valence-electron chi connectivity index (χ3n) is 3.48. The molecular weight excluding hydrogens is 326 g/mol. The first-order valence-corrected chi connectivity index (χ1v) is 7.69. The van der Waals surface area contributed by atoms with Gasteiger partial charge in [-0.15, -0.1) is 0 Å².